The number of hydrogen-bond acceptors (Lipinski definition) is 3. The van der Waals surface area contributed by atoms with Crippen LogP contribution in [0.3, 0.4) is 0 Å². The van der Waals surface area contributed by atoms with E-state index in [1.807, 2.05) is 4.72 Å². The highest BCUT2D eigenvalue weighted by Gasteiger charge is 2.08. The molecule has 7 heteroatoms. The molecule has 0 unspecified atom stereocenters. The predicted octanol–water partition coefficient (Wildman–Crippen LogP) is 4.12. The predicted molar refractivity (Wildman–Crippen MR) is 98.0 cm³/mol. The molecule has 0 radical (unpaired) electrons. The SMILES string of the molecule is O=C(/C=C/c1ccc(Cl)cc1)NS(=O)(=O)/C=C/c1ccc(Cl)cc1. The van der Waals surface area contributed by atoms with Crippen molar-refractivity contribution in [2.45, 2.75) is 0 Å². The van der Waals surface area contributed by atoms with Gasteiger partial charge in [0.1, 0.15) is 0 Å². The van der Waals surface area contributed by atoms with Gasteiger partial charge in [0.05, 0.1) is 5.41 Å². The van der Waals surface area contributed by atoms with Gasteiger partial charge in [0, 0.05) is 16.1 Å². The van der Waals surface area contributed by atoms with Crippen LogP contribution in [-0.2, 0) is 14.8 Å². The highest BCUT2D eigenvalue weighted by molar-refractivity contribution is 7.93. The zero-order valence-electron chi connectivity index (χ0n) is 12.3. The molecule has 0 bridgehead atoms. The first kappa shape index (κ1) is 18.3. The minimum absolute atomic E-state index is 0.552. The van der Waals surface area contributed by atoms with Crippen molar-refractivity contribution >= 4 is 51.3 Å². The zero-order valence-corrected chi connectivity index (χ0v) is 14.6. The number of benzene rings is 2. The average Bonchev–Trinajstić information content (AvgIpc) is 2.53. The monoisotopic (exact) mass is 381 g/mol. The molecule has 2 aromatic carbocycles. The summed E-state index contributed by atoms with van der Waals surface area (Å²) in [4.78, 5) is 11.7. The van der Waals surface area contributed by atoms with Crippen LogP contribution in [0.1, 0.15) is 11.1 Å². The van der Waals surface area contributed by atoms with E-state index in [9.17, 15) is 13.2 Å². The van der Waals surface area contributed by atoms with Gasteiger partial charge in [0.25, 0.3) is 15.9 Å². The molecule has 2 aromatic rings. The van der Waals surface area contributed by atoms with Gasteiger partial charge in [-0.05, 0) is 47.5 Å². The number of carbonyl (C=O) groups excluding carboxylic acids is 1. The fourth-order valence-corrected chi connectivity index (χ4v) is 2.70. The third kappa shape index (κ3) is 6.20. The lowest BCUT2D eigenvalue weighted by atomic mass is 10.2. The molecule has 2 rings (SSSR count). The molecule has 1 amide bonds. The molecule has 1 N–H and O–H groups in total. The summed E-state index contributed by atoms with van der Waals surface area (Å²) >= 11 is 11.5. The molecule has 0 heterocycles. The highest BCUT2D eigenvalue weighted by Crippen LogP contribution is 2.12. The van der Waals surface area contributed by atoms with Gasteiger partial charge in [0.15, 0.2) is 0 Å². The smallest absolute Gasteiger partial charge is 0.257 e. The minimum Gasteiger partial charge on any atom is -0.269 e. The Labute approximate surface area is 150 Å². The summed E-state index contributed by atoms with van der Waals surface area (Å²) in [5, 5.41) is 2.05. The normalized spacial score (nSPS) is 11.9. The van der Waals surface area contributed by atoms with Gasteiger partial charge in [-0.25, -0.2) is 13.1 Å². The van der Waals surface area contributed by atoms with Gasteiger partial charge in [-0.15, -0.1) is 0 Å². The molecule has 0 aliphatic heterocycles. The van der Waals surface area contributed by atoms with Crippen LogP contribution >= 0.6 is 23.2 Å². The maximum absolute atomic E-state index is 11.8. The summed E-state index contributed by atoms with van der Waals surface area (Å²) in [5.41, 5.74) is 1.37. The number of carbonyl (C=O) groups is 1. The van der Waals surface area contributed by atoms with Crippen molar-refractivity contribution in [1.82, 2.24) is 4.72 Å². The van der Waals surface area contributed by atoms with E-state index >= 15 is 0 Å². The molecule has 0 saturated heterocycles. The lowest BCUT2D eigenvalue weighted by Gasteiger charge is -2.00. The molecule has 0 aromatic heterocycles. The minimum atomic E-state index is -3.89. The van der Waals surface area contributed by atoms with Crippen molar-refractivity contribution in [3.05, 3.63) is 81.2 Å². The quantitative estimate of drug-likeness (QED) is 0.792. The molecule has 4 nitrogen and oxygen atoms in total. The average molecular weight is 382 g/mol. The van der Waals surface area contributed by atoms with Crippen LogP contribution in [0, 0.1) is 0 Å². The number of hydrogen-bond donors (Lipinski definition) is 1. The Morgan fingerprint density at radius 3 is 1.79 bits per heavy atom. The fraction of sp³-hybridized carbons (Fsp3) is 0. The van der Waals surface area contributed by atoms with Gasteiger partial charge in [-0.3, -0.25) is 4.79 Å². The second-order valence-corrected chi connectivity index (χ2v) is 7.19. The first-order valence-corrected chi connectivity index (χ1v) is 9.08. The van der Waals surface area contributed by atoms with Gasteiger partial charge < -0.3 is 0 Å². The van der Waals surface area contributed by atoms with E-state index in [4.69, 9.17) is 23.2 Å². The molecular formula is C17H13Cl2NO3S. The molecular weight excluding hydrogens is 369 g/mol. The first-order chi connectivity index (χ1) is 11.3. The molecule has 0 fully saturated rings. The third-order valence-electron chi connectivity index (χ3n) is 2.85. The van der Waals surface area contributed by atoms with E-state index in [0.717, 1.165) is 17.0 Å². The second-order valence-electron chi connectivity index (χ2n) is 4.75. The lowest BCUT2D eigenvalue weighted by Crippen LogP contribution is -2.26. The van der Waals surface area contributed by atoms with Crippen molar-refractivity contribution in [2.24, 2.45) is 0 Å². The third-order valence-corrected chi connectivity index (χ3v) is 4.33. The number of nitrogens with one attached hydrogen (secondary N) is 1. The Hall–Kier alpha value is -2.08. The molecule has 0 spiro atoms. The summed E-state index contributed by atoms with van der Waals surface area (Å²) in [6.07, 6.45) is 4.00. The molecule has 0 aliphatic carbocycles. The Balaban J connectivity index is 1.98. The van der Waals surface area contributed by atoms with Crippen LogP contribution in [0.4, 0.5) is 0 Å². The van der Waals surface area contributed by atoms with E-state index in [-0.39, 0.29) is 0 Å². The molecule has 124 valence electrons. The van der Waals surface area contributed by atoms with Crippen LogP contribution in [0.25, 0.3) is 12.2 Å². The van der Waals surface area contributed by atoms with E-state index in [1.165, 1.54) is 12.2 Å². The van der Waals surface area contributed by atoms with Crippen molar-refractivity contribution < 1.29 is 13.2 Å². The fourth-order valence-electron chi connectivity index (χ4n) is 1.70. The van der Waals surface area contributed by atoms with Crippen LogP contribution in [0.5, 0.6) is 0 Å². The van der Waals surface area contributed by atoms with Crippen LogP contribution in [0.2, 0.25) is 10.0 Å². The standard InChI is InChI=1S/C17H13Cl2NO3S/c18-15-6-1-13(2-7-15)5-10-17(21)20-24(22,23)12-11-14-3-8-16(19)9-4-14/h1-12H,(H,20,21)/b10-5+,12-11+. The van der Waals surface area contributed by atoms with Crippen LogP contribution < -0.4 is 4.72 Å². The summed E-state index contributed by atoms with van der Waals surface area (Å²) in [6, 6.07) is 13.4. The van der Waals surface area contributed by atoms with Crippen LogP contribution in [-0.4, -0.2) is 14.3 Å². The second kappa shape index (κ2) is 8.15. The van der Waals surface area contributed by atoms with E-state index in [2.05, 4.69) is 0 Å². The number of halogens is 2. The van der Waals surface area contributed by atoms with Crippen molar-refractivity contribution in [3.63, 3.8) is 0 Å². The molecule has 0 aliphatic rings. The van der Waals surface area contributed by atoms with Crippen molar-refractivity contribution in [3.8, 4) is 0 Å². The maximum Gasteiger partial charge on any atom is 0.257 e. The Morgan fingerprint density at radius 2 is 1.29 bits per heavy atom. The van der Waals surface area contributed by atoms with E-state index in [0.29, 0.717) is 15.6 Å². The number of sulfonamides is 1. The Morgan fingerprint density at radius 1 is 0.833 bits per heavy atom. The van der Waals surface area contributed by atoms with E-state index in [1.54, 1.807) is 48.5 Å². The lowest BCUT2D eigenvalue weighted by molar-refractivity contribution is -0.114. The van der Waals surface area contributed by atoms with Crippen molar-refractivity contribution in [1.29, 1.82) is 0 Å². The summed E-state index contributed by atoms with van der Waals surface area (Å²) < 4.78 is 25.6. The first-order valence-electron chi connectivity index (χ1n) is 6.78. The Kier molecular flexibility index (Phi) is 6.20. The molecule has 0 saturated carbocycles. The summed E-state index contributed by atoms with van der Waals surface area (Å²) in [6.45, 7) is 0. The molecule has 0 atom stereocenters. The largest absolute Gasteiger partial charge is 0.269 e. The highest BCUT2D eigenvalue weighted by atomic mass is 35.5. The Bertz CT molecular complexity index is 871. The number of rotatable bonds is 5. The number of amides is 1. The van der Waals surface area contributed by atoms with Gasteiger partial charge in [-0.2, -0.15) is 0 Å². The summed E-state index contributed by atoms with van der Waals surface area (Å²) in [7, 11) is -3.89. The molecule has 24 heavy (non-hydrogen) atoms. The maximum atomic E-state index is 11.8. The summed E-state index contributed by atoms with van der Waals surface area (Å²) in [5.74, 6) is -0.745. The van der Waals surface area contributed by atoms with Crippen molar-refractivity contribution in [2.75, 3.05) is 0 Å². The topological polar surface area (TPSA) is 63.2 Å². The van der Waals surface area contributed by atoms with Crippen LogP contribution in [0.15, 0.2) is 60.0 Å². The zero-order chi connectivity index (χ0) is 17.6. The van der Waals surface area contributed by atoms with E-state index < -0.39 is 15.9 Å². The van der Waals surface area contributed by atoms with Gasteiger partial charge in [0.2, 0.25) is 0 Å². The van der Waals surface area contributed by atoms with Gasteiger partial charge >= 0.3 is 0 Å². The van der Waals surface area contributed by atoms with Gasteiger partial charge in [-0.1, -0.05) is 47.5 Å².